The number of rotatable bonds is 3. The highest BCUT2D eigenvalue weighted by molar-refractivity contribution is 14.1. The Morgan fingerprint density at radius 1 is 1.19 bits per heavy atom. The minimum absolute atomic E-state index is 0.131. The number of aromatic carboxylic acids is 2. The van der Waals surface area contributed by atoms with Crippen molar-refractivity contribution >= 4 is 65.0 Å². The molecule has 0 spiro atoms. The summed E-state index contributed by atoms with van der Waals surface area (Å²) in [4.78, 5) is 21.8. The van der Waals surface area contributed by atoms with Gasteiger partial charge in [-0.2, -0.15) is 0 Å². The summed E-state index contributed by atoms with van der Waals surface area (Å²) in [6.45, 7) is 0. The van der Waals surface area contributed by atoms with Crippen LogP contribution in [0, 0.1) is 3.57 Å². The van der Waals surface area contributed by atoms with Gasteiger partial charge < -0.3 is 10.2 Å². The zero-order valence-electron chi connectivity index (χ0n) is 7.33. The van der Waals surface area contributed by atoms with E-state index in [0.29, 0.717) is 4.47 Å². The molecule has 86 valence electrons. The predicted molar refractivity (Wildman–Crippen MR) is 69.2 cm³/mol. The maximum absolute atomic E-state index is 11.0. The molecule has 1 aromatic carbocycles. The average molecular weight is 466 g/mol. The Labute approximate surface area is 117 Å². The molecule has 8 heteroatoms. The highest BCUT2D eigenvalue weighted by Crippen LogP contribution is 2.34. The van der Waals surface area contributed by atoms with Crippen LogP contribution < -0.4 is 0 Å². The van der Waals surface area contributed by atoms with Crippen molar-refractivity contribution in [2.75, 3.05) is 0 Å². The number of carboxylic acid groups (broad SMARTS) is 2. The van der Waals surface area contributed by atoms with Gasteiger partial charge in [0, 0.05) is 8.95 Å². The molecule has 0 aliphatic carbocycles. The van der Waals surface area contributed by atoms with Crippen LogP contribution in [0.1, 0.15) is 20.7 Å². The fourth-order valence-electron chi connectivity index (χ4n) is 1.03. The first-order chi connectivity index (χ1) is 7.40. The lowest BCUT2D eigenvalue weighted by Crippen LogP contribution is -2.09. The van der Waals surface area contributed by atoms with Crippen LogP contribution in [-0.4, -0.2) is 22.2 Å². The van der Waals surface area contributed by atoms with Gasteiger partial charge in [-0.3, -0.25) is 3.07 Å². The number of halogens is 3. The lowest BCUT2D eigenvalue weighted by molar-refractivity contribution is 0.0694. The van der Waals surface area contributed by atoms with E-state index in [1.807, 2.05) is 0 Å². The topological polar surface area (TPSA) is 91.7 Å². The molecule has 1 rings (SSSR count). The lowest BCUT2D eigenvalue weighted by Gasteiger charge is -2.07. The largest absolute Gasteiger partial charge is 0.478 e. The fraction of sp³-hybridized carbons (Fsp3) is 0. The van der Waals surface area contributed by atoms with E-state index in [1.165, 1.54) is 6.07 Å². The van der Waals surface area contributed by atoms with E-state index in [9.17, 15) is 12.7 Å². The molecule has 0 atom stereocenters. The quantitative estimate of drug-likeness (QED) is 0.529. The second-order valence-corrected chi connectivity index (χ2v) is 5.76. The van der Waals surface area contributed by atoms with Crippen LogP contribution in [0.3, 0.4) is 0 Å². The van der Waals surface area contributed by atoms with Crippen LogP contribution in [0.4, 0.5) is 0 Å². The number of carbonyl (C=O) groups is 2. The number of carboxylic acids is 2. The maximum atomic E-state index is 11.0. The smallest absolute Gasteiger partial charge is 0.338 e. The summed E-state index contributed by atoms with van der Waals surface area (Å²) in [6.07, 6.45) is 0. The van der Waals surface area contributed by atoms with Gasteiger partial charge in [0.2, 0.25) is 0 Å². The van der Waals surface area contributed by atoms with E-state index in [0.717, 1.165) is 0 Å². The second kappa shape index (κ2) is 5.32. The average Bonchev–Trinajstić information content (AvgIpc) is 2.20. The molecule has 0 aliphatic heterocycles. The highest BCUT2D eigenvalue weighted by Gasteiger charge is 2.24. The normalized spacial score (nSPS) is 10.1. The molecule has 0 heterocycles. The van der Waals surface area contributed by atoms with Gasteiger partial charge in [-0.1, -0.05) is 0 Å². The van der Waals surface area contributed by atoms with Crippen molar-refractivity contribution in [3.05, 3.63) is 29.7 Å². The number of hydrogen-bond acceptors (Lipinski definition) is 3. The van der Waals surface area contributed by atoms with E-state index in [2.05, 4.69) is 31.9 Å². The van der Waals surface area contributed by atoms with Gasteiger partial charge in [0.05, 0.1) is 14.7 Å². The van der Waals surface area contributed by atoms with Gasteiger partial charge >= 0.3 is 11.9 Å². The first kappa shape index (κ1) is 13.7. The summed E-state index contributed by atoms with van der Waals surface area (Å²) in [5, 5.41) is 17.8. The first-order valence-electron chi connectivity index (χ1n) is 3.65. The molecule has 0 saturated carbocycles. The summed E-state index contributed by atoms with van der Waals surface area (Å²) < 4.78 is 11.3. The van der Waals surface area contributed by atoms with Crippen LogP contribution >= 0.6 is 53.1 Å². The molecule has 0 bridgehead atoms. The van der Waals surface area contributed by atoms with Crippen LogP contribution in [0.5, 0.6) is 0 Å². The summed E-state index contributed by atoms with van der Waals surface area (Å²) in [5.41, 5.74) is -0.523. The molecule has 0 radical (unpaired) electrons. The van der Waals surface area contributed by atoms with Crippen molar-refractivity contribution in [1.29, 1.82) is 0 Å². The van der Waals surface area contributed by atoms with Gasteiger partial charge in [-0.05, 0) is 37.9 Å². The summed E-state index contributed by atoms with van der Waals surface area (Å²) in [6, 6.07) is 1.23. The standard InChI is InChI=1S/C8H3Br2IO5/c9-3-1-2(7(12)13)6(11-16)4(5(3)10)8(14)15/h1H,(H,12,13)(H,14,15). The van der Waals surface area contributed by atoms with Crippen molar-refractivity contribution in [2.45, 2.75) is 0 Å². The third kappa shape index (κ3) is 2.48. The van der Waals surface area contributed by atoms with Crippen molar-refractivity contribution in [3.63, 3.8) is 0 Å². The van der Waals surface area contributed by atoms with Gasteiger partial charge in [-0.15, -0.1) is 0 Å². The van der Waals surface area contributed by atoms with Crippen LogP contribution in [0.25, 0.3) is 0 Å². The predicted octanol–water partition coefficient (Wildman–Crippen LogP) is 3.09. The zero-order valence-corrected chi connectivity index (χ0v) is 12.7. The molecule has 0 unspecified atom stereocenters. The molecule has 0 saturated heterocycles. The fourth-order valence-corrected chi connectivity index (χ4v) is 3.65. The molecule has 0 aromatic heterocycles. The monoisotopic (exact) mass is 464 g/mol. The van der Waals surface area contributed by atoms with Gasteiger partial charge in [0.1, 0.15) is 0 Å². The van der Waals surface area contributed by atoms with Gasteiger partial charge in [-0.25, -0.2) is 9.59 Å². The van der Waals surface area contributed by atoms with E-state index in [1.54, 1.807) is 0 Å². The Balaban J connectivity index is 3.75. The van der Waals surface area contributed by atoms with Gasteiger partial charge in [0.15, 0.2) is 21.2 Å². The van der Waals surface area contributed by atoms with Crippen molar-refractivity contribution in [2.24, 2.45) is 0 Å². The third-order valence-electron chi connectivity index (χ3n) is 1.68. The Hall–Kier alpha value is -0.350. The molecule has 5 nitrogen and oxygen atoms in total. The highest BCUT2D eigenvalue weighted by atomic mass is 127. The summed E-state index contributed by atoms with van der Waals surface area (Å²) in [5.74, 6) is -2.62. The van der Waals surface area contributed by atoms with E-state index >= 15 is 0 Å². The SMILES string of the molecule is O=Ic1c(C(=O)O)cc(Br)c(Br)c1C(=O)O. The first-order valence-corrected chi connectivity index (χ1v) is 7.20. The minimum Gasteiger partial charge on any atom is -0.478 e. The minimum atomic E-state index is -1.89. The second-order valence-electron chi connectivity index (χ2n) is 2.60. The van der Waals surface area contributed by atoms with E-state index in [4.69, 9.17) is 10.2 Å². The Bertz CT molecular complexity index is 500. The molecule has 0 aliphatic rings. The Kier molecular flexibility index (Phi) is 4.56. The van der Waals surface area contributed by atoms with Crippen molar-refractivity contribution in [1.82, 2.24) is 0 Å². The van der Waals surface area contributed by atoms with Crippen LogP contribution in [0.2, 0.25) is 0 Å². The Morgan fingerprint density at radius 3 is 2.12 bits per heavy atom. The summed E-state index contributed by atoms with van der Waals surface area (Å²) in [7, 11) is 0. The zero-order chi connectivity index (χ0) is 12.5. The van der Waals surface area contributed by atoms with Crippen molar-refractivity contribution in [3.8, 4) is 0 Å². The number of hydrogen-bond donors (Lipinski definition) is 2. The van der Waals surface area contributed by atoms with Crippen molar-refractivity contribution < 1.29 is 22.9 Å². The van der Waals surface area contributed by atoms with Crippen LogP contribution in [0.15, 0.2) is 15.0 Å². The molecule has 0 fully saturated rings. The Morgan fingerprint density at radius 2 is 1.75 bits per heavy atom. The maximum Gasteiger partial charge on any atom is 0.338 e. The molecular weight excluding hydrogens is 463 g/mol. The van der Waals surface area contributed by atoms with E-state index in [-0.39, 0.29) is 19.2 Å². The summed E-state index contributed by atoms with van der Waals surface area (Å²) >= 11 is 4.15. The molecule has 0 amide bonds. The molecule has 1 aromatic rings. The molecule has 2 N–H and O–H groups in total. The number of benzene rings is 1. The van der Waals surface area contributed by atoms with Gasteiger partial charge in [0.25, 0.3) is 0 Å². The molecular formula is C8H3Br2IO5. The van der Waals surface area contributed by atoms with E-state index < -0.39 is 33.1 Å². The molecule has 16 heavy (non-hydrogen) atoms. The van der Waals surface area contributed by atoms with Crippen LogP contribution in [-0.2, 0) is 3.07 Å². The third-order valence-corrected chi connectivity index (χ3v) is 5.22. The lowest BCUT2D eigenvalue weighted by atomic mass is 10.1.